The summed E-state index contributed by atoms with van der Waals surface area (Å²) >= 11 is 0. The zero-order valence-electron chi connectivity index (χ0n) is 16.8. The molecule has 1 fully saturated rings. The van der Waals surface area contributed by atoms with Crippen LogP contribution < -0.4 is 5.32 Å². The van der Waals surface area contributed by atoms with Gasteiger partial charge in [0.2, 0.25) is 15.9 Å². The molecule has 156 valence electrons. The molecule has 5 nitrogen and oxygen atoms in total. The Morgan fingerprint density at radius 3 is 2.24 bits per heavy atom. The summed E-state index contributed by atoms with van der Waals surface area (Å²) in [6.07, 6.45) is 1.72. The van der Waals surface area contributed by atoms with Gasteiger partial charge in [0.05, 0.1) is 10.9 Å². The summed E-state index contributed by atoms with van der Waals surface area (Å²) in [7, 11) is -3.67. The summed E-state index contributed by atoms with van der Waals surface area (Å²) in [4.78, 5) is 12.8. The van der Waals surface area contributed by atoms with Crippen molar-refractivity contribution in [2.75, 3.05) is 13.1 Å². The number of hydrogen-bond acceptors (Lipinski definition) is 3. The average molecular weight is 419 g/mol. The molecular formula is C22H27FN2O3S. The van der Waals surface area contributed by atoms with E-state index in [9.17, 15) is 17.6 Å². The molecule has 1 aliphatic heterocycles. The van der Waals surface area contributed by atoms with Crippen LogP contribution in [-0.4, -0.2) is 31.7 Å². The Morgan fingerprint density at radius 1 is 1.10 bits per heavy atom. The Balaban J connectivity index is 1.60. The van der Waals surface area contributed by atoms with E-state index in [2.05, 4.69) is 5.32 Å². The first-order valence-corrected chi connectivity index (χ1v) is 11.4. The molecule has 1 saturated heterocycles. The first kappa shape index (κ1) is 21.5. The zero-order chi connectivity index (χ0) is 21.0. The number of nitrogens with zero attached hydrogens (tertiary/aromatic N) is 1. The van der Waals surface area contributed by atoms with Gasteiger partial charge in [-0.15, -0.1) is 0 Å². The van der Waals surface area contributed by atoms with Crippen molar-refractivity contribution in [1.29, 1.82) is 0 Å². The fourth-order valence-electron chi connectivity index (χ4n) is 3.62. The lowest BCUT2D eigenvalue weighted by molar-refractivity contribution is -0.126. The van der Waals surface area contributed by atoms with Crippen molar-refractivity contribution in [2.45, 2.75) is 44.0 Å². The summed E-state index contributed by atoms with van der Waals surface area (Å²) in [5.74, 6) is -0.719. The Hall–Kier alpha value is -2.25. The number of carbonyl (C=O) groups is 1. The Bertz CT molecular complexity index is 935. The number of piperidine rings is 1. The maximum Gasteiger partial charge on any atom is 0.243 e. The maximum absolute atomic E-state index is 13.1. The molecule has 0 saturated carbocycles. The number of rotatable bonds is 6. The Labute approximate surface area is 172 Å². The first-order chi connectivity index (χ1) is 13.8. The molecule has 3 rings (SSSR count). The summed E-state index contributed by atoms with van der Waals surface area (Å²) in [5.41, 5.74) is 2.24. The van der Waals surface area contributed by atoms with E-state index in [-0.39, 0.29) is 35.9 Å². The molecule has 0 radical (unpaired) electrons. The van der Waals surface area contributed by atoms with Crippen molar-refractivity contribution in [3.8, 4) is 0 Å². The van der Waals surface area contributed by atoms with Crippen LogP contribution in [0.2, 0.25) is 0 Å². The first-order valence-electron chi connectivity index (χ1n) is 9.94. The third kappa shape index (κ3) is 5.03. The van der Waals surface area contributed by atoms with Crippen molar-refractivity contribution in [3.05, 3.63) is 65.5 Å². The van der Waals surface area contributed by atoms with Gasteiger partial charge in [0.1, 0.15) is 5.82 Å². The van der Waals surface area contributed by atoms with Gasteiger partial charge in [0.25, 0.3) is 0 Å². The highest BCUT2D eigenvalue weighted by atomic mass is 32.2. The highest BCUT2D eigenvalue weighted by molar-refractivity contribution is 7.89. The van der Waals surface area contributed by atoms with E-state index in [1.807, 2.05) is 38.1 Å². The fourth-order valence-corrected chi connectivity index (χ4v) is 5.09. The van der Waals surface area contributed by atoms with Crippen molar-refractivity contribution in [1.82, 2.24) is 9.62 Å². The van der Waals surface area contributed by atoms with Gasteiger partial charge in [-0.05, 0) is 56.0 Å². The largest absolute Gasteiger partial charge is 0.349 e. The van der Waals surface area contributed by atoms with Crippen LogP contribution in [0.25, 0.3) is 0 Å². The third-order valence-corrected chi connectivity index (χ3v) is 7.39. The molecule has 1 heterocycles. The van der Waals surface area contributed by atoms with Crippen LogP contribution in [0, 0.1) is 18.7 Å². The number of halogens is 1. The predicted molar refractivity (Wildman–Crippen MR) is 110 cm³/mol. The lowest BCUT2D eigenvalue weighted by Crippen LogP contribution is -2.43. The molecule has 1 amide bonds. The third-order valence-electron chi connectivity index (χ3n) is 5.48. The van der Waals surface area contributed by atoms with E-state index in [1.165, 1.54) is 22.0 Å². The average Bonchev–Trinajstić information content (AvgIpc) is 2.73. The molecule has 1 atom stereocenters. The van der Waals surface area contributed by atoms with Crippen LogP contribution in [0.1, 0.15) is 43.4 Å². The van der Waals surface area contributed by atoms with Gasteiger partial charge >= 0.3 is 0 Å². The molecule has 1 aliphatic rings. The predicted octanol–water partition coefficient (Wildman–Crippen LogP) is 3.80. The number of nitrogens with one attached hydrogen (secondary N) is 1. The Kier molecular flexibility index (Phi) is 6.70. The van der Waals surface area contributed by atoms with Crippen LogP contribution in [0.5, 0.6) is 0 Å². The van der Waals surface area contributed by atoms with Gasteiger partial charge in [-0.25, -0.2) is 12.8 Å². The fraction of sp³-hybridized carbons (Fsp3) is 0.409. The van der Waals surface area contributed by atoms with E-state index in [4.69, 9.17) is 0 Å². The topological polar surface area (TPSA) is 66.5 Å². The van der Waals surface area contributed by atoms with Crippen LogP contribution in [0.4, 0.5) is 4.39 Å². The van der Waals surface area contributed by atoms with E-state index in [0.717, 1.165) is 24.1 Å². The number of benzene rings is 2. The van der Waals surface area contributed by atoms with E-state index >= 15 is 0 Å². The number of hydrogen-bond donors (Lipinski definition) is 1. The second-order valence-electron chi connectivity index (χ2n) is 7.51. The van der Waals surface area contributed by atoms with Crippen molar-refractivity contribution >= 4 is 15.9 Å². The summed E-state index contributed by atoms with van der Waals surface area (Å²) in [6, 6.07) is 12.9. The summed E-state index contributed by atoms with van der Waals surface area (Å²) in [5, 5.41) is 3.12. The molecule has 0 unspecified atom stereocenters. The molecule has 0 spiro atoms. The smallest absolute Gasteiger partial charge is 0.243 e. The number of aryl methyl sites for hydroxylation is 1. The summed E-state index contributed by atoms with van der Waals surface area (Å²) in [6.45, 7) is 4.61. The number of amides is 1. The SMILES string of the molecule is CC[C@@H](NC(=O)C1CCN(S(=O)(=O)c2ccc(F)cc2)CC1)c1ccc(C)cc1. The van der Waals surface area contributed by atoms with Gasteiger partial charge in [-0.2, -0.15) is 4.31 Å². The molecule has 0 aliphatic carbocycles. The highest BCUT2D eigenvalue weighted by Crippen LogP contribution is 2.25. The molecule has 0 aromatic heterocycles. The van der Waals surface area contributed by atoms with Gasteiger partial charge in [0.15, 0.2) is 0 Å². The zero-order valence-corrected chi connectivity index (χ0v) is 17.6. The summed E-state index contributed by atoms with van der Waals surface area (Å²) < 4.78 is 39.9. The molecule has 2 aromatic carbocycles. The quantitative estimate of drug-likeness (QED) is 0.776. The maximum atomic E-state index is 13.1. The van der Waals surface area contributed by atoms with Gasteiger partial charge in [-0.1, -0.05) is 36.8 Å². The minimum absolute atomic E-state index is 0.0312. The van der Waals surface area contributed by atoms with Crippen LogP contribution >= 0.6 is 0 Å². The molecule has 7 heteroatoms. The van der Waals surface area contributed by atoms with Gasteiger partial charge in [0, 0.05) is 19.0 Å². The minimum atomic E-state index is -3.67. The molecule has 2 aromatic rings. The van der Waals surface area contributed by atoms with Crippen molar-refractivity contribution in [2.24, 2.45) is 5.92 Å². The molecular weight excluding hydrogens is 391 g/mol. The normalized spacial score (nSPS) is 17.1. The molecule has 1 N–H and O–H groups in total. The van der Waals surface area contributed by atoms with Crippen molar-refractivity contribution < 1.29 is 17.6 Å². The Morgan fingerprint density at radius 2 is 1.69 bits per heavy atom. The van der Waals surface area contributed by atoms with Crippen LogP contribution in [-0.2, 0) is 14.8 Å². The van der Waals surface area contributed by atoms with Gasteiger partial charge < -0.3 is 5.32 Å². The highest BCUT2D eigenvalue weighted by Gasteiger charge is 2.32. The lowest BCUT2D eigenvalue weighted by atomic mass is 9.95. The van der Waals surface area contributed by atoms with Crippen LogP contribution in [0.3, 0.4) is 0 Å². The molecule has 29 heavy (non-hydrogen) atoms. The lowest BCUT2D eigenvalue weighted by Gasteiger charge is -2.31. The van der Waals surface area contributed by atoms with Crippen molar-refractivity contribution in [3.63, 3.8) is 0 Å². The second-order valence-corrected chi connectivity index (χ2v) is 9.45. The van der Waals surface area contributed by atoms with E-state index in [1.54, 1.807) is 0 Å². The van der Waals surface area contributed by atoms with Gasteiger partial charge in [-0.3, -0.25) is 4.79 Å². The molecule has 0 bridgehead atoms. The number of sulfonamides is 1. The monoisotopic (exact) mass is 418 g/mol. The van der Waals surface area contributed by atoms with Crippen LogP contribution in [0.15, 0.2) is 53.4 Å². The van der Waals surface area contributed by atoms with E-state index in [0.29, 0.717) is 12.8 Å². The van der Waals surface area contributed by atoms with E-state index < -0.39 is 15.8 Å². The number of carbonyl (C=O) groups excluding carboxylic acids is 1. The second kappa shape index (κ2) is 9.05. The minimum Gasteiger partial charge on any atom is -0.349 e. The standard InChI is InChI=1S/C22H27FN2O3S/c1-3-21(17-6-4-16(2)5-7-17)24-22(26)18-12-14-25(15-13-18)29(27,28)20-10-8-19(23)9-11-20/h4-11,18,21H,3,12-15H2,1-2H3,(H,24,26)/t21-/m1/s1.